The van der Waals surface area contributed by atoms with E-state index in [1.54, 1.807) is 12.1 Å². The molecule has 1 amide bonds. The van der Waals surface area contributed by atoms with Gasteiger partial charge < -0.3 is 19.7 Å². The van der Waals surface area contributed by atoms with Gasteiger partial charge in [-0.2, -0.15) is 0 Å². The molecular formula is C24H30N4O5. The summed E-state index contributed by atoms with van der Waals surface area (Å²) in [6.07, 6.45) is 0. The van der Waals surface area contributed by atoms with E-state index in [0.717, 1.165) is 11.3 Å². The van der Waals surface area contributed by atoms with Crippen molar-refractivity contribution in [1.29, 1.82) is 0 Å². The van der Waals surface area contributed by atoms with Crippen molar-refractivity contribution in [3.8, 4) is 11.5 Å². The molecule has 0 aromatic heterocycles. The van der Waals surface area contributed by atoms with Crippen molar-refractivity contribution < 1.29 is 19.2 Å². The van der Waals surface area contributed by atoms with Crippen molar-refractivity contribution in [1.82, 2.24) is 10.2 Å². The second-order valence-electron chi connectivity index (χ2n) is 8.70. The van der Waals surface area contributed by atoms with Gasteiger partial charge >= 0.3 is 0 Å². The highest BCUT2D eigenvalue weighted by Crippen LogP contribution is 2.34. The molecule has 0 radical (unpaired) electrons. The van der Waals surface area contributed by atoms with Crippen LogP contribution in [0.15, 0.2) is 42.5 Å². The molecule has 4 rings (SSSR count). The van der Waals surface area contributed by atoms with Crippen LogP contribution in [0.3, 0.4) is 0 Å². The Morgan fingerprint density at radius 1 is 1.06 bits per heavy atom. The quantitative estimate of drug-likeness (QED) is 0.507. The Morgan fingerprint density at radius 2 is 1.76 bits per heavy atom. The van der Waals surface area contributed by atoms with Gasteiger partial charge in [0.1, 0.15) is 18.9 Å². The molecule has 2 aliphatic heterocycles. The molecule has 2 aromatic carbocycles. The van der Waals surface area contributed by atoms with Gasteiger partial charge in [0.15, 0.2) is 11.5 Å². The van der Waals surface area contributed by atoms with Crippen molar-refractivity contribution in [2.24, 2.45) is 5.92 Å². The summed E-state index contributed by atoms with van der Waals surface area (Å²) in [6.45, 7) is 8.10. The van der Waals surface area contributed by atoms with Gasteiger partial charge in [-0.25, -0.2) is 0 Å². The molecule has 0 aliphatic carbocycles. The van der Waals surface area contributed by atoms with Crippen LogP contribution in [0.4, 0.5) is 11.4 Å². The number of ether oxygens (including phenoxy) is 2. The first kappa shape index (κ1) is 22.8. The first-order valence-corrected chi connectivity index (χ1v) is 11.3. The predicted molar refractivity (Wildman–Crippen MR) is 125 cm³/mol. The van der Waals surface area contributed by atoms with Crippen LogP contribution in [0.2, 0.25) is 0 Å². The van der Waals surface area contributed by atoms with Crippen LogP contribution in [0.5, 0.6) is 11.5 Å². The highest BCUT2D eigenvalue weighted by atomic mass is 16.6. The molecule has 1 saturated heterocycles. The van der Waals surface area contributed by atoms with Gasteiger partial charge in [-0.3, -0.25) is 19.8 Å². The number of piperazine rings is 1. The van der Waals surface area contributed by atoms with Gasteiger partial charge in [-0.15, -0.1) is 0 Å². The number of hydrogen-bond donors (Lipinski definition) is 1. The lowest BCUT2D eigenvalue weighted by molar-refractivity contribution is -0.384. The third-order valence-corrected chi connectivity index (χ3v) is 6.07. The van der Waals surface area contributed by atoms with Gasteiger partial charge in [0, 0.05) is 32.2 Å². The van der Waals surface area contributed by atoms with Gasteiger partial charge in [-0.1, -0.05) is 32.0 Å². The lowest BCUT2D eigenvalue weighted by atomic mass is 9.95. The molecule has 2 aliphatic rings. The van der Waals surface area contributed by atoms with E-state index >= 15 is 0 Å². The zero-order valence-corrected chi connectivity index (χ0v) is 19.0. The monoisotopic (exact) mass is 454 g/mol. The molecule has 9 nitrogen and oxygen atoms in total. The molecule has 1 atom stereocenters. The van der Waals surface area contributed by atoms with E-state index in [4.69, 9.17) is 9.47 Å². The molecule has 0 saturated carbocycles. The molecule has 33 heavy (non-hydrogen) atoms. The summed E-state index contributed by atoms with van der Waals surface area (Å²) in [6, 6.07) is 12.5. The number of nitrogens with one attached hydrogen (secondary N) is 1. The maximum absolute atomic E-state index is 12.9. The van der Waals surface area contributed by atoms with Gasteiger partial charge in [0.25, 0.3) is 5.69 Å². The number of benzene rings is 2. The summed E-state index contributed by atoms with van der Waals surface area (Å²) >= 11 is 0. The molecule has 2 aromatic rings. The largest absolute Gasteiger partial charge is 0.486 e. The number of fused-ring (bicyclic) bond motifs is 1. The van der Waals surface area contributed by atoms with E-state index in [1.807, 2.05) is 29.2 Å². The minimum Gasteiger partial charge on any atom is -0.486 e. The molecule has 1 N–H and O–H groups in total. The van der Waals surface area contributed by atoms with Gasteiger partial charge in [0.05, 0.1) is 17.5 Å². The van der Waals surface area contributed by atoms with Crippen LogP contribution in [0.1, 0.15) is 25.5 Å². The van der Waals surface area contributed by atoms with E-state index in [9.17, 15) is 14.9 Å². The maximum Gasteiger partial charge on any atom is 0.292 e. The standard InChI is InChI=1S/C24H30N4O5/c1-17(2)24(18-7-8-21-22(15-18)33-14-13-32-21)25-23(29)16-26-9-11-27(12-10-26)19-5-3-4-6-20(19)28(30)31/h3-8,15,17,24H,9-14,16H2,1-2H3,(H,25,29). The topological polar surface area (TPSA) is 97.2 Å². The van der Waals surface area contributed by atoms with E-state index in [-0.39, 0.29) is 28.5 Å². The van der Waals surface area contributed by atoms with Crippen molar-refractivity contribution in [2.45, 2.75) is 19.9 Å². The van der Waals surface area contributed by atoms with Crippen molar-refractivity contribution in [3.05, 3.63) is 58.1 Å². The van der Waals surface area contributed by atoms with Crippen molar-refractivity contribution in [2.75, 3.05) is 50.8 Å². The molecule has 2 heterocycles. The summed E-state index contributed by atoms with van der Waals surface area (Å²) in [5.41, 5.74) is 1.73. The molecule has 1 unspecified atom stereocenters. The first-order chi connectivity index (χ1) is 15.9. The van der Waals surface area contributed by atoms with Crippen LogP contribution in [0.25, 0.3) is 0 Å². The van der Waals surface area contributed by atoms with Crippen LogP contribution < -0.4 is 19.7 Å². The maximum atomic E-state index is 12.9. The van der Waals surface area contributed by atoms with Gasteiger partial charge in [-0.05, 0) is 29.7 Å². The number of carbonyl (C=O) groups excluding carboxylic acids is 1. The Morgan fingerprint density at radius 3 is 2.45 bits per heavy atom. The molecule has 9 heteroatoms. The Labute approximate surface area is 193 Å². The number of carbonyl (C=O) groups is 1. The van der Waals surface area contributed by atoms with Crippen LogP contribution >= 0.6 is 0 Å². The zero-order valence-electron chi connectivity index (χ0n) is 19.0. The van der Waals surface area contributed by atoms with Crippen LogP contribution in [-0.4, -0.2) is 61.7 Å². The smallest absolute Gasteiger partial charge is 0.292 e. The summed E-state index contributed by atoms with van der Waals surface area (Å²) in [5, 5.41) is 14.5. The average molecular weight is 455 g/mol. The zero-order chi connectivity index (χ0) is 23.4. The fraction of sp³-hybridized carbons (Fsp3) is 0.458. The van der Waals surface area contributed by atoms with E-state index < -0.39 is 0 Å². The first-order valence-electron chi connectivity index (χ1n) is 11.3. The number of nitro groups is 1. The number of nitro benzene ring substituents is 1. The second-order valence-corrected chi connectivity index (χ2v) is 8.70. The number of hydrogen-bond acceptors (Lipinski definition) is 7. The number of anilines is 1. The molecule has 0 spiro atoms. The Bertz CT molecular complexity index is 1000. The van der Waals surface area contributed by atoms with Crippen LogP contribution in [-0.2, 0) is 4.79 Å². The minimum atomic E-state index is -0.348. The third kappa shape index (κ3) is 5.36. The van der Waals surface area contributed by atoms with Gasteiger partial charge in [0.2, 0.25) is 5.91 Å². The highest BCUT2D eigenvalue weighted by Gasteiger charge is 2.26. The Hall–Kier alpha value is -3.33. The normalized spacial score (nSPS) is 17.0. The van der Waals surface area contributed by atoms with Crippen molar-refractivity contribution >= 4 is 17.3 Å². The summed E-state index contributed by atoms with van der Waals surface area (Å²) in [5.74, 6) is 1.61. The van der Waals surface area contributed by atoms with E-state index in [2.05, 4.69) is 24.1 Å². The summed E-state index contributed by atoms with van der Waals surface area (Å²) < 4.78 is 11.3. The second kappa shape index (κ2) is 10.1. The fourth-order valence-electron chi connectivity index (χ4n) is 4.34. The van der Waals surface area contributed by atoms with Crippen LogP contribution in [0, 0.1) is 16.0 Å². The summed E-state index contributed by atoms with van der Waals surface area (Å²) in [4.78, 5) is 27.9. The molecular weight excluding hydrogens is 424 g/mol. The van der Waals surface area contributed by atoms with E-state index in [1.165, 1.54) is 6.07 Å². The number of nitrogens with zero attached hydrogens (tertiary/aromatic N) is 3. The fourth-order valence-corrected chi connectivity index (χ4v) is 4.34. The SMILES string of the molecule is CC(C)C(NC(=O)CN1CCN(c2ccccc2[N+](=O)[O-])CC1)c1ccc2c(c1)OCCO2. The average Bonchev–Trinajstić information content (AvgIpc) is 2.82. The lowest BCUT2D eigenvalue weighted by Gasteiger charge is -2.35. The number of amides is 1. The molecule has 1 fully saturated rings. The number of rotatable bonds is 7. The highest BCUT2D eigenvalue weighted by molar-refractivity contribution is 5.78. The molecule has 176 valence electrons. The van der Waals surface area contributed by atoms with E-state index in [0.29, 0.717) is 57.4 Å². The third-order valence-electron chi connectivity index (χ3n) is 6.07. The Kier molecular flexibility index (Phi) is 6.98. The number of para-hydroxylation sites is 2. The minimum absolute atomic E-state index is 0.0391. The van der Waals surface area contributed by atoms with Crippen molar-refractivity contribution in [3.63, 3.8) is 0 Å². The lowest BCUT2D eigenvalue weighted by Crippen LogP contribution is -2.50. The predicted octanol–water partition coefficient (Wildman–Crippen LogP) is 3.00. The summed E-state index contributed by atoms with van der Waals surface area (Å²) in [7, 11) is 0. The molecule has 0 bridgehead atoms. The Balaban J connectivity index is 1.34.